The summed E-state index contributed by atoms with van der Waals surface area (Å²) >= 11 is 0. The molecule has 0 bridgehead atoms. The lowest BCUT2D eigenvalue weighted by molar-refractivity contribution is 0.0948. The average Bonchev–Trinajstić information content (AvgIpc) is 2.60. The van der Waals surface area contributed by atoms with Gasteiger partial charge in [0.1, 0.15) is 5.82 Å². The van der Waals surface area contributed by atoms with E-state index >= 15 is 0 Å². The second-order valence-electron chi connectivity index (χ2n) is 6.22. The topological polar surface area (TPSA) is 54.0 Å². The molecule has 0 spiro atoms. The number of pyridine rings is 1. The Morgan fingerprint density at radius 3 is 2.83 bits per heavy atom. The van der Waals surface area contributed by atoms with Crippen molar-refractivity contribution in [2.45, 2.75) is 32.2 Å². The molecule has 1 saturated heterocycles. The molecule has 2 aromatic rings. The van der Waals surface area contributed by atoms with E-state index in [1.165, 1.54) is 12.1 Å². The Hall–Kier alpha value is -2.27. The molecule has 1 aromatic heterocycles. The summed E-state index contributed by atoms with van der Waals surface area (Å²) in [4.78, 5) is 17.3. The van der Waals surface area contributed by atoms with Gasteiger partial charge in [0.25, 0.3) is 5.91 Å². The van der Waals surface area contributed by atoms with Gasteiger partial charge in [0, 0.05) is 18.2 Å². The van der Waals surface area contributed by atoms with Gasteiger partial charge in [-0.15, -0.1) is 0 Å². The molecule has 126 valence electrons. The number of rotatable bonds is 4. The van der Waals surface area contributed by atoms with Crippen molar-refractivity contribution in [1.82, 2.24) is 15.6 Å². The van der Waals surface area contributed by atoms with Crippen molar-refractivity contribution in [2.75, 3.05) is 13.1 Å². The molecule has 1 aliphatic heterocycles. The van der Waals surface area contributed by atoms with Crippen LogP contribution in [0.2, 0.25) is 0 Å². The number of benzene rings is 1. The van der Waals surface area contributed by atoms with E-state index in [9.17, 15) is 9.18 Å². The number of aryl methyl sites for hydroxylation is 1. The Morgan fingerprint density at radius 2 is 2.08 bits per heavy atom. The fourth-order valence-electron chi connectivity index (χ4n) is 3.10. The lowest BCUT2D eigenvalue weighted by atomic mass is 9.90. The summed E-state index contributed by atoms with van der Waals surface area (Å²) in [5.41, 5.74) is 3.18. The van der Waals surface area contributed by atoms with E-state index in [0.717, 1.165) is 42.9 Å². The van der Waals surface area contributed by atoms with Gasteiger partial charge >= 0.3 is 0 Å². The number of carbonyl (C=O) groups is 1. The minimum atomic E-state index is -0.297. The number of hydrogen-bond donors (Lipinski definition) is 2. The predicted octanol–water partition coefficient (Wildman–Crippen LogP) is 2.93. The van der Waals surface area contributed by atoms with Gasteiger partial charge in [0.05, 0.1) is 11.3 Å². The number of piperidine rings is 1. The largest absolute Gasteiger partial charge is 0.348 e. The second kappa shape index (κ2) is 7.53. The van der Waals surface area contributed by atoms with Gasteiger partial charge < -0.3 is 10.6 Å². The number of nitrogens with one attached hydrogen (secondary N) is 2. The summed E-state index contributed by atoms with van der Waals surface area (Å²) in [6.07, 6.45) is 1.97. The molecular formula is C19H22FN3O. The highest BCUT2D eigenvalue weighted by molar-refractivity contribution is 5.95. The number of hydrogen-bond acceptors (Lipinski definition) is 3. The smallest absolute Gasteiger partial charge is 0.253 e. The van der Waals surface area contributed by atoms with E-state index in [4.69, 9.17) is 0 Å². The zero-order valence-corrected chi connectivity index (χ0v) is 13.8. The lowest BCUT2D eigenvalue weighted by Crippen LogP contribution is -2.30. The van der Waals surface area contributed by atoms with Crippen molar-refractivity contribution in [2.24, 2.45) is 0 Å². The normalized spacial score (nSPS) is 15.2. The molecule has 2 heterocycles. The quantitative estimate of drug-likeness (QED) is 0.908. The van der Waals surface area contributed by atoms with Gasteiger partial charge in [-0.25, -0.2) is 4.39 Å². The second-order valence-corrected chi connectivity index (χ2v) is 6.22. The van der Waals surface area contributed by atoms with Gasteiger partial charge in [-0.1, -0.05) is 12.1 Å². The van der Waals surface area contributed by atoms with Crippen molar-refractivity contribution in [3.8, 4) is 0 Å². The van der Waals surface area contributed by atoms with Crippen LogP contribution in [0.5, 0.6) is 0 Å². The molecule has 0 saturated carbocycles. The van der Waals surface area contributed by atoms with Crippen LogP contribution in [-0.4, -0.2) is 24.0 Å². The number of amides is 1. The molecule has 0 unspecified atom stereocenters. The molecule has 0 aliphatic carbocycles. The zero-order chi connectivity index (χ0) is 16.9. The van der Waals surface area contributed by atoms with Crippen LogP contribution in [0, 0.1) is 12.7 Å². The van der Waals surface area contributed by atoms with Crippen LogP contribution >= 0.6 is 0 Å². The van der Waals surface area contributed by atoms with Gasteiger partial charge in [0.15, 0.2) is 0 Å². The predicted molar refractivity (Wildman–Crippen MR) is 91.4 cm³/mol. The highest BCUT2D eigenvalue weighted by Gasteiger charge is 2.22. The van der Waals surface area contributed by atoms with Crippen molar-refractivity contribution < 1.29 is 9.18 Å². The van der Waals surface area contributed by atoms with E-state index in [1.807, 2.05) is 19.1 Å². The summed E-state index contributed by atoms with van der Waals surface area (Å²) in [5, 5.41) is 6.22. The van der Waals surface area contributed by atoms with E-state index in [2.05, 4.69) is 15.6 Å². The Kier molecular flexibility index (Phi) is 5.20. The number of halogens is 1. The molecule has 1 amide bonds. The Labute approximate surface area is 141 Å². The summed E-state index contributed by atoms with van der Waals surface area (Å²) in [6, 6.07) is 9.98. The third-order valence-corrected chi connectivity index (χ3v) is 4.38. The number of aromatic nitrogens is 1. The third-order valence-electron chi connectivity index (χ3n) is 4.38. The molecule has 2 N–H and O–H groups in total. The van der Waals surface area contributed by atoms with Crippen molar-refractivity contribution in [3.05, 3.63) is 64.7 Å². The third kappa shape index (κ3) is 3.97. The molecule has 1 fully saturated rings. The van der Waals surface area contributed by atoms with Crippen LogP contribution < -0.4 is 10.6 Å². The van der Waals surface area contributed by atoms with Crippen LogP contribution in [0.3, 0.4) is 0 Å². The van der Waals surface area contributed by atoms with Crippen LogP contribution in [0.1, 0.15) is 46.1 Å². The molecule has 4 nitrogen and oxygen atoms in total. The molecule has 5 heteroatoms. The van der Waals surface area contributed by atoms with Gasteiger partial charge in [-0.2, -0.15) is 0 Å². The molecule has 0 radical (unpaired) electrons. The summed E-state index contributed by atoms with van der Waals surface area (Å²) in [5.74, 6) is -0.143. The monoisotopic (exact) mass is 327 g/mol. The molecule has 3 rings (SSSR count). The maximum absolute atomic E-state index is 13.2. The summed E-state index contributed by atoms with van der Waals surface area (Å²) in [6.45, 7) is 4.14. The van der Waals surface area contributed by atoms with Gasteiger partial charge in [-0.05, 0) is 62.7 Å². The van der Waals surface area contributed by atoms with Crippen molar-refractivity contribution in [3.63, 3.8) is 0 Å². The number of nitrogens with zero attached hydrogens (tertiary/aromatic N) is 1. The minimum absolute atomic E-state index is 0.153. The molecule has 1 aromatic carbocycles. The summed E-state index contributed by atoms with van der Waals surface area (Å²) in [7, 11) is 0. The Morgan fingerprint density at radius 1 is 1.29 bits per heavy atom. The first-order valence-corrected chi connectivity index (χ1v) is 8.34. The van der Waals surface area contributed by atoms with Gasteiger partial charge in [-0.3, -0.25) is 9.78 Å². The SMILES string of the molecule is Cc1ccc(C(=O)NCc2cccc(F)c2)c(C2CCNCC2)n1. The van der Waals surface area contributed by atoms with Crippen molar-refractivity contribution in [1.29, 1.82) is 0 Å². The van der Waals surface area contributed by atoms with Crippen LogP contribution in [0.25, 0.3) is 0 Å². The maximum atomic E-state index is 13.2. The average molecular weight is 327 g/mol. The highest BCUT2D eigenvalue weighted by atomic mass is 19.1. The van der Waals surface area contributed by atoms with E-state index in [-0.39, 0.29) is 11.7 Å². The fourth-order valence-corrected chi connectivity index (χ4v) is 3.10. The summed E-state index contributed by atoms with van der Waals surface area (Å²) < 4.78 is 13.2. The standard InChI is InChI=1S/C19H22FN3O/c1-13-5-6-17(18(23-13)15-7-9-21-10-8-15)19(24)22-12-14-3-2-4-16(20)11-14/h2-6,11,15,21H,7-10,12H2,1H3,(H,22,24). The molecule has 24 heavy (non-hydrogen) atoms. The van der Waals surface area contributed by atoms with E-state index in [1.54, 1.807) is 12.1 Å². The Balaban J connectivity index is 1.76. The van der Waals surface area contributed by atoms with Crippen LogP contribution in [-0.2, 0) is 6.54 Å². The molecule has 1 aliphatic rings. The van der Waals surface area contributed by atoms with E-state index in [0.29, 0.717) is 18.0 Å². The highest BCUT2D eigenvalue weighted by Crippen LogP contribution is 2.27. The molecule has 0 atom stereocenters. The number of carbonyl (C=O) groups excluding carboxylic acids is 1. The Bertz CT molecular complexity index is 726. The van der Waals surface area contributed by atoms with Crippen LogP contribution in [0.15, 0.2) is 36.4 Å². The molecular weight excluding hydrogens is 305 g/mol. The fraction of sp³-hybridized carbons (Fsp3) is 0.368. The lowest BCUT2D eigenvalue weighted by Gasteiger charge is -2.24. The first-order chi connectivity index (χ1) is 11.6. The van der Waals surface area contributed by atoms with Crippen LogP contribution in [0.4, 0.5) is 4.39 Å². The first-order valence-electron chi connectivity index (χ1n) is 8.34. The maximum Gasteiger partial charge on any atom is 0.253 e. The van der Waals surface area contributed by atoms with E-state index < -0.39 is 0 Å². The minimum Gasteiger partial charge on any atom is -0.348 e. The first kappa shape index (κ1) is 16.6. The van der Waals surface area contributed by atoms with Crippen molar-refractivity contribution >= 4 is 5.91 Å². The zero-order valence-electron chi connectivity index (χ0n) is 13.8. The van der Waals surface area contributed by atoms with Gasteiger partial charge in [0.2, 0.25) is 0 Å².